The summed E-state index contributed by atoms with van der Waals surface area (Å²) in [5.74, 6) is 0.656. The maximum atomic E-state index is 14.4. The molecule has 1 saturated heterocycles. The number of hydrogen-bond acceptors (Lipinski definition) is 5. The second kappa shape index (κ2) is 7.96. The van der Waals surface area contributed by atoms with Crippen LogP contribution >= 0.6 is 11.5 Å². The highest BCUT2D eigenvalue weighted by Gasteiger charge is 2.27. The third-order valence-electron chi connectivity index (χ3n) is 6.28. The molecule has 0 radical (unpaired) electrons. The molecule has 0 spiro atoms. The fourth-order valence-corrected chi connectivity index (χ4v) is 5.48. The number of amides is 1. The molecule has 3 aromatic rings. The molecule has 30 heavy (non-hydrogen) atoms. The number of piperazine rings is 1. The Labute approximate surface area is 179 Å². The summed E-state index contributed by atoms with van der Waals surface area (Å²) in [6.07, 6.45) is 2.08. The molecule has 156 valence electrons. The summed E-state index contributed by atoms with van der Waals surface area (Å²) < 4.78 is 20.3. The molecule has 5 nitrogen and oxygen atoms in total. The van der Waals surface area contributed by atoms with Crippen molar-refractivity contribution in [2.45, 2.75) is 32.2 Å². The highest BCUT2D eigenvalue weighted by atomic mass is 32.1. The molecule has 2 aliphatic rings. The minimum Gasteiger partial charge on any atom is -0.353 e. The fraction of sp³-hybridized carbons (Fsp3) is 0.391. The zero-order valence-corrected chi connectivity index (χ0v) is 17.8. The standard InChI is InChI=1S/C23H25FN4OS/c1-2-17(12-15-11-16-14-21(29)25-22(16)19(24)13-15)27-7-9-28(10-8-27)23-18-5-3-4-6-20(18)30-26-23/h3-6,11,13,17H,2,7-10,12,14H2,1H3,(H,25,29). The van der Waals surface area contributed by atoms with E-state index in [-0.39, 0.29) is 18.1 Å². The van der Waals surface area contributed by atoms with Gasteiger partial charge in [0.25, 0.3) is 0 Å². The normalized spacial score (nSPS) is 17.9. The number of aromatic nitrogens is 1. The molecular formula is C23H25FN4OS. The monoisotopic (exact) mass is 424 g/mol. The number of carbonyl (C=O) groups is 1. The largest absolute Gasteiger partial charge is 0.353 e. The van der Waals surface area contributed by atoms with E-state index in [0.717, 1.165) is 56.0 Å². The second-order valence-corrected chi connectivity index (χ2v) is 8.93. The Hall–Kier alpha value is -2.51. The summed E-state index contributed by atoms with van der Waals surface area (Å²) in [4.78, 5) is 16.5. The van der Waals surface area contributed by atoms with Crippen LogP contribution in [0.2, 0.25) is 0 Å². The van der Waals surface area contributed by atoms with Crippen LogP contribution in [0.25, 0.3) is 10.1 Å². The minimum atomic E-state index is -0.316. The van der Waals surface area contributed by atoms with Gasteiger partial charge in [-0.3, -0.25) is 9.69 Å². The van der Waals surface area contributed by atoms with Gasteiger partial charge in [-0.1, -0.05) is 25.1 Å². The molecule has 1 unspecified atom stereocenters. The smallest absolute Gasteiger partial charge is 0.228 e. The third kappa shape index (κ3) is 3.56. The number of anilines is 2. The number of carbonyl (C=O) groups excluding carboxylic acids is 1. The Morgan fingerprint density at radius 1 is 1.20 bits per heavy atom. The lowest BCUT2D eigenvalue weighted by atomic mass is 9.98. The van der Waals surface area contributed by atoms with Crippen LogP contribution in [-0.2, 0) is 17.6 Å². The van der Waals surface area contributed by atoms with Crippen molar-refractivity contribution >= 4 is 39.0 Å². The Bertz CT molecular complexity index is 1090. The van der Waals surface area contributed by atoms with E-state index in [4.69, 9.17) is 4.37 Å². The van der Waals surface area contributed by atoms with E-state index in [1.165, 1.54) is 10.1 Å². The van der Waals surface area contributed by atoms with Crippen LogP contribution in [0.3, 0.4) is 0 Å². The lowest BCUT2D eigenvalue weighted by Crippen LogP contribution is -2.51. The van der Waals surface area contributed by atoms with Crippen molar-refractivity contribution in [1.82, 2.24) is 9.27 Å². The van der Waals surface area contributed by atoms with Crippen molar-refractivity contribution in [3.8, 4) is 0 Å². The first-order valence-electron chi connectivity index (χ1n) is 10.6. The van der Waals surface area contributed by atoms with E-state index < -0.39 is 0 Å². The maximum absolute atomic E-state index is 14.4. The van der Waals surface area contributed by atoms with Gasteiger partial charge >= 0.3 is 0 Å². The number of rotatable bonds is 5. The zero-order valence-electron chi connectivity index (χ0n) is 17.0. The number of benzene rings is 2. The topological polar surface area (TPSA) is 48.5 Å². The summed E-state index contributed by atoms with van der Waals surface area (Å²) in [6.45, 7) is 6.03. The van der Waals surface area contributed by atoms with Crippen molar-refractivity contribution < 1.29 is 9.18 Å². The molecule has 7 heteroatoms. The zero-order chi connectivity index (χ0) is 20.7. The molecular weight excluding hydrogens is 399 g/mol. The number of hydrogen-bond donors (Lipinski definition) is 1. The van der Waals surface area contributed by atoms with Crippen molar-refractivity contribution in [1.29, 1.82) is 0 Å². The van der Waals surface area contributed by atoms with Gasteiger partial charge in [0.15, 0.2) is 0 Å². The van der Waals surface area contributed by atoms with Gasteiger partial charge in [0.05, 0.1) is 16.8 Å². The lowest BCUT2D eigenvalue weighted by Gasteiger charge is -2.39. The SMILES string of the molecule is CCC(Cc1cc(F)c2c(c1)CC(=O)N2)N1CCN(c2nsc3ccccc23)CC1. The van der Waals surface area contributed by atoms with Crippen LogP contribution in [0.5, 0.6) is 0 Å². The number of nitrogens with zero attached hydrogens (tertiary/aromatic N) is 3. The molecule has 0 aliphatic carbocycles. The Kier molecular flexibility index (Phi) is 5.16. The van der Waals surface area contributed by atoms with Crippen molar-refractivity contribution in [2.24, 2.45) is 0 Å². The van der Waals surface area contributed by atoms with Crippen molar-refractivity contribution in [3.63, 3.8) is 0 Å². The van der Waals surface area contributed by atoms with Crippen LogP contribution in [0.1, 0.15) is 24.5 Å². The third-order valence-corrected chi connectivity index (χ3v) is 7.10. The molecule has 2 aromatic carbocycles. The van der Waals surface area contributed by atoms with E-state index in [1.54, 1.807) is 17.6 Å². The summed E-state index contributed by atoms with van der Waals surface area (Å²) in [6, 6.07) is 12.4. The van der Waals surface area contributed by atoms with Gasteiger partial charge in [-0.15, -0.1) is 0 Å². The number of halogens is 1. The van der Waals surface area contributed by atoms with Gasteiger partial charge in [0.2, 0.25) is 5.91 Å². The van der Waals surface area contributed by atoms with Gasteiger partial charge in [-0.2, -0.15) is 4.37 Å². The van der Waals surface area contributed by atoms with Crippen molar-refractivity contribution in [2.75, 3.05) is 36.4 Å². The average molecular weight is 425 g/mol. The van der Waals surface area contributed by atoms with Crippen LogP contribution < -0.4 is 10.2 Å². The first kappa shape index (κ1) is 19.5. The highest BCUT2D eigenvalue weighted by molar-refractivity contribution is 7.13. The van der Waals surface area contributed by atoms with Gasteiger partial charge < -0.3 is 10.2 Å². The first-order chi connectivity index (χ1) is 14.6. The van der Waals surface area contributed by atoms with Crippen LogP contribution in [0, 0.1) is 5.82 Å². The van der Waals surface area contributed by atoms with Gasteiger partial charge in [0, 0.05) is 37.6 Å². The molecule has 1 aromatic heterocycles. The highest BCUT2D eigenvalue weighted by Crippen LogP contribution is 2.31. The molecule has 3 heterocycles. The predicted octanol–water partition coefficient (Wildman–Crippen LogP) is 4.07. The molecule has 0 saturated carbocycles. The maximum Gasteiger partial charge on any atom is 0.228 e. The van der Waals surface area contributed by atoms with Gasteiger partial charge in [-0.05, 0) is 53.7 Å². The number of nitrogens with one attached hydrogen (secondary N) is 1. The van der Waals surface area contributed by atoms with Crippen LogP contribution in [-0.4, -0.2) is 47.4 Å². The summed E-state index contributed by atoms with van der Waals surface area (Å²) in [7, 11) is 0. The quantitative estimate of drug-likeness (QED) is 0.671. The van der Waals surface area contributed by atoms with Crippen LogP contribution in [0.4, 0.5) is 15.9 Å². The first-order valence-corrected chi connectivity index (χ1v) is 11.3. The lowest BCUT2D eigenvalue weighted by molar-refractivity contribution is -0.115. The summed E-state index contributed by atoms with van der Waals surface area (Å²) >= 11 is 1.56. The average Bonchev–Trinajstić information content (AvgIpc) is 3.35. The van der Waals surface area contributed by atoms with E-state index in [9.17, 15) is 9.18 Å². The molecule has 1 atom stereocenters. The van der Waals surface area contributed by atoms with Gasteiger partial charge in [-0.25, -0.2) is 4.39 Å². The Morgan fingerprint density at radius 2 is 2.00 bits per heavy atom. The van der Waals surface area contributed by atoms with Gasteiger partial charge in [0.1, 0.15) is 11.6 Å². The number of fused-ring (bicyclic) bond motifs is 2. The van der Waals surface area contributed by atoms with E-state index in [0.29, 0.717) is 11.7 Å². The predicted molar refractivity (Wildman–Crippen MR) is 120 cm³/mol. The van der Waals surface area contributed by atoms with Crippen molar-refractivity contribution in [3.05, 3.63) is 53.3 Å². The summed E-state index contributed by atoms with van der Waals surface area (Å²) in [5, 5.41) is 3.86. The molecule has 5 rings (SSSR count). The molecule has 0 bridgehead atoms. The molecule has 1 amide bonds. The summed E-state index contributed by atoms with van der Waals surface area (Å²) in [5.41, 5.74) is 2.12. The van der Waals surface area contributed by atoms with E-state index in [2.05, 4.69) is 46.3 Å². The Balaban J connectivity index is 1.27. The van der Waals surface area contributed by atoms with E-state index in [1.807, 2.05) is 6.07 Å². The molecule has 1 fully saturated rings. The fourth-order valence-electron chi connectivity index (χ4n) is 4.68. The molecule has 1 N–H and O–H groups in total. The van der Waals surface area contributed by atoms with Crippen LogP contribution in [0.15, 0.2) is 36.4 Å². The van der Waals surface area contributed by atoms with E-state index >= 15 is 0 Å². The second-order valence-electron chi connectivity index (χ2n) is 8.13. The Morgan fingerprint density at radius 3 is 2.80 bits per heavy atom. The minimum absolute atomic E-state index is 0.126. The molecule has 2 aliphatic heterocycles.